The number of alkyl carbamates (subject to hydrolysis) is 1. The van der Waals surface area contributed by atoms with Crippen LogP contribution in [0.4, 0.5) is 10.5 Å². The average Bonchev–Trinajstić information content (AvgIpc) is 2.92. The van der Waals surface area contributed by atoms with Gasteiger partial charge in [-0.05, 0) is 55.7 Å². The molecule has 2 atom stereocenters. The van der Waals surface area contributed by atoms with Gasteiger partial charge in [0.25, 0.3) is 5.91 Å². The molecule has 0 aliphatic rings. The van der Waals surface area contributed by atoms with Crippen LogP contribution in [-0.4, -0.2) is 46.7 Å². The Hall–Kier alpha value is -3.52. The number of nitrogens with zero attached hydrogens (tertiary/aromatic N) is 1. The van der Waals surface area contributed by atoms with Crippen LogP contribution < -0.4 is 10.6 Å². The van der Waals surface area contributed by atoms with Gasteiger partial charge < -0.3 is 20.3 Å². The predicted molar refractivity (Wildman–Crippen MR) is 165 cm³/mol. The lowest BCUT2D eigenvalue weighted by Crippen LogP contribution is -2.53. The van der Waals surface area contributed by atoms with E-state index in [9.17, 15) is 14.4 Å². The van der Waals surface area contributed by atoms with Crippen molar-refractivity contribution in [2.75, 3.05) is 17.6 Å². The van der Waals surface area contributed by atoms with E-state index in [2.05, 4.69) is 30.2 Å². The topological polar surface area (TPSA) is 87.7 Å². The Morgan fingerprint density at radius 2 is 1.57 bits per heavy atom. The van der Waals surface area contributed by atoms with Crippen molar-refractivity contribution < 1.29 is 19.1 Å². The van der Waals surface area contributed by atoms with Crippen molar-refractivity contribution >= 4 is 47.0 Å². The minimum absolute atomic E-state index is 0.0529. The number of hydrogen-bond donors (Lipinski definition) is 3. The van der Waals surface area contributed by atoms with Gasteiger partial charge in [-0.25, -0.2) is 4.79 Å². The molecular weight excluding hydrogens is 522 g/mol. The first-order chi connectivity index (χ1) is 19.1. The molecule has 214 valence electrons. The molecule has 0 saturated carbocycles. The highest BCUT2D eigenvalue weighted by molar-refractivity contribution is 7.80. The van der Waals surface area contributed by atoms with E-state index < -0.39 is 23.8 Å². The molecule has 2 N–H and O–H groups in total. The van der Waals surface area contributed by atoms with Crippen molar-refractivity contribution in [2.45, 2.75) is 71.1 Å². The summed E-state index contributed by atoms with van der Waals surface area (Å²) in [6.07, 6.45) is 2.99. The molecule has 2 unspecified atom stereocenters. The first kappa shape index (κ1) is 31.0. The van der Waals surface area contributed by atoms with Gasteiger partial charge in [-0.15, -0.1) is 0 Å². The third-order valence-electron chi connectivity index (χ3n) is 6.40. The van der Waals surface area contributed by atoms with Gasteiger partial charge in [0.05, 0.1) is 0 Å². The fraction of sp³-hybridized carbons (Fsp3) is 0.406. The molecule has 0 spiro atoms. The van der Waals surface area contributed by atoms with Gasteiger partial charge in [0, 0.05) is 18.0 Å². The Labute approximate surface area is 243 Å². The van der Waals surface area contributed by atoms with E-state index in [1.54, 1.807) is 25.7 Å². The normalized spacial score (nSPS) is 12.8. The van der Waals surface area contributed by atoms with Crippen molar-refractivity contribution in [1.29, 1.82) is 0 Å². The smallest absolute Gasteiger partial charge is 0.408 e. The molecule has 3 amide bonds. The summed E-state index contributed by atoms with van der Waals surface area (Å²) in [5, 5.41) is 7.76. The van der Waals surface area contributed by atoms with Crippen LogP contribution in [0.15, 0.2) is 72.8 Å². The van der Waals surface area contributed by atoms with Gasteiger partial charge in [0.1, 0.15) is 17.7 Å². The zero-order valence-electron chi connectivity index (χ0n) is 23.9. The first-order valence-corrected chi connectivity index (χ1v) is 14.5. The first-order valence-electron chi connectivity index (χ1n) is 13.9. The Kier molecular flexibility index (Phi) is 11.4. The maximum absolute atomic E-state index is 14.0. The number of nitrogens with one attached hydrogen (secondary N) is 2. The number of unbranched alkanes of at least 4 members (excludes halogenated alkanes) is 3. The molecule has 40 heavy (non-hydrogen) atoms. The molecule has 0 radical (unpaired) electrons. The maximum atomic E-state index is 14.0. The number of benzene rings is 3. The number of hydrogen-bond acceptors (Lipinski definition) is 5. The molecule has 3 rings (SSSR count). The molecule has 0 heterocycles. The van der Waals surface area contributed by atoms with Crippen LogP contribution in [0.3, 0.4) is 0 Å². The molecule has 3 aromatic rings. The van der Waals surface area contributed by atoms with E-state index in [0.29, 0.717) is 17.8 Å². The third kappa shape index (κ3) is 9.01. The number of carbonyl (C=O) groups is 3. The van der Waals surface area contributed by atoms with Gasteiger partial charge in [-0.2, -0.15) is 12.6 Å². The van der Waals surface area contributed by atoms with Gasteiger partial charge in [0.2, 0.25) is 5.91 Å². The lowest BCUT2D eigenvalue weighted by Gasteiger charge is -2.34. The van der Waals surface area contributed by atoms with Crippen LogP contribution >= 0.6 is 12.6 Å². The van der Waals surface area contributed by atoms with E-state index in [1.165, 1.54) is 0 Å². The van der Waals surface area contributed by atoms with Crippen LogP contribution in [0, 0.1) is 0 Å². The highest BCUT2D eigenvalue weighted by Gasteiger charge is 2.35. The number of anilines is 1. The monoisotopic (exact) mass is 563 g/mol. The van der Waals surface area contributed by atoms with E-state index in [1.807, 2.05) is 72.8 Å². The molecule has 0 aliphatic heterocycles. The zero-order valence-corrected chi connectivity index (χ0v) is 24.7. The highest BCUT2D eigenvalue weighted by Crippen LogP contribution is 2.26. The molecule has 0 saturated heterocycles. The zero-order chi connectivity index (χ0) is 29.1. The van der Waals surface area contributed by atoms with E-state index in [-0.39, 0.29) is 17.6 Å². The van der Waals surface area contributed by atoms with Gasteiger partial charge in [-0.3, -0.25) is 9.59 Å². The summed E-state index contributed by atoms with van der Waals surface area (Å²) in [5.41, 5.74) is 0.598. The molecule has 7 nitrogen and oxygen atoms in total. The number of thiol groups is 1. The second-order valence-corrected chi connectivity index (χ2v) is 11.2. The summed E-state index contributed by atoms with van der Waals surface area (Å²) in [7, 11) is 0. The van der Waals surface area contributed by atoms with Crippen LogP contribution in [-0.2, 0) is 14.3 Å². The fourth-order valence-electron chi connectivity index (χ4n) is 4.50. The molecular formula is C32H41N3O4S. The number of ether oxygens (including phenoxy) is 1. The maximum Gasteiger partial charge on any atom is 0.408 e. The lowest BCUT2D eigenvalue weighted by molar-refractivity contribution is -0.140. The standard InChI is InChI=1S/C32H41N3O4S/c1-5-6-7-13-20-35(30(37)27(22-40)34-31(38)39-32(2,3)4)28(24-15-9-8-10-16-24)29(36)33-26-19-18-23-14-11-12-17-25(23)21-26/h8-12,14-19,21,27-28,40H,5-7,13,20,22H2,1-4H3,(H,33,36)(H,34,38). The molecule has 0 aromatic heterocycles. The van der Waals surface area contributed by atoms with E-state index >= 15 is 0 Å². The Bertz CT molecular complexity index is 1280. The summed E-state index contributed by atoms with van der Waals surface area (Å²) < 4.78 is 5.39. The van der Waals surface area contributed by atoms with Gasteiger partial charge in [-0.1, -0.05) is 86.8 Å². The average molecular weight is 564 g/mol. The van der Waals surface area contributed by atoms with Crippen molar-refractivity contribution in [3.05, 3.63) is 78.4 Å². The number of amides is 3. The number of rotatable bonds is 12. The molecule has 8 heteroatoms. The SMILES string of the molecule is CCCCCCN(C(=O)C(CS)NC(=O)OC(C)(C)C)C(C(=O)Nc1ccc2ccccc2c1)c1ccccc1. The summed E-state index contributed by atoms with van der Waals surface area (Å²) in [6, 6.07) is 21.0. The Morgan fingerprint density at radius 1 is 0.900 bits per heavy atom. The minimum Gasteiger partial charge on any atom is -0.444 e. The van der Waals surface area contributed by atoms with Gasteiger partial charge in [0.15, 0.2) is 0 Å². The van der Waals surface area contributed by atoms with Crippen LogP contribution in [0.2, 0.25) is 0 Å². The summed E-state index contributed by atoms with van der Waals surface area (Å²) in [5.74, 6) is -0.669. The summed E-state index contributed by atoms with van der Waals surface area (Å²) in [6.45, 7) is 7.74. The number of carbonyl (C=O) groups excluding carboxylic acids is 3. The summed E-state index contributed by atoms with van der Waals surface area (Å²) >= 11 is 4.36. The van der Waals surface area contributed by atoms with Crippen molar-refractivity contribution in [2.24, 2.45) is 0 Å². The molecule has 3 aromatic carbocycles. The minimum atomic E-state index is -0.968. The van der Waals surface area contributed by atoms with Crippen molar-refractivity contribution in [3.63, 3.8) is 0 Å². The van der Waals surface area contributed by atoms with E-state index in [4.69, 9.17) is 4.74 Å². The quantitative estimate of drug-likeness (QED) is 0.168. The lowest BCUT2D eigenvalue weighted by atomic mass is 10.0. The van der Waals surface area contributed by atoms with Crippen molar-refractivity contribution in [1.82, 2.24) is 10.2 Å². The third-order valence-corrected chi connectivity index (χ3v) is 6.76. The second-order valence-electron chi connectivity index (χ2n) is 10.8. The Morgan fingerprint density at radius 3 is 2.23 bits per heavy atom. The predicted octanol–water partition coefficient (Wildman–Crippen LogP) is 6.75. The van der Waals surface area contributed by atoms with E-state index in [0.717, 1.165) is 36.5 Å². The fourth-order valence-corrected chi connectivity index (χ4v) is 4.74. The van der Waals surface area contributed by atoms with Crippen molar-refractivity contribution in [3.8, 4) is 0 Å². The summed E-state index contributed by atoms with van der Waals surface area (Å²) in [4.78, 5) is 42.1. The number of fused-ring (bicyclic) bond motifs is 1. The molecule has 0 fully saturated rings. The van der Waals surface area contributed by atoms with Crippen LogP contribution in [0.5, 0.6) is 0 Å². The Balaban J connectivity index is 1.95. The van der Waals surface area contributed by atoms with Crippen LogP contribution in [0.1, 0.15) is 65.0 Å². The van der Waals surface area contributed by atoms with Gasteiger partial charge >= 0.3 is 6.09 Å². The molecule has 0 bridgehead atoms. The largest absolute Gasteiger partial charge is 0.444 e. The van der Waals surface area contributed by atoms with Crippen LogP contribution in [0.25, 0.3) is 10.8 Å². The highest BCUT2D eigenvalue weighted by atomic mass is 32.1. The molecule has 0 aliphatic carbocycles. The second kappa shape index (κ2) is 14.7.